The van der Waals surface area contributed by atoms with Crippen molar-refractivity contribution in [3.05, 3.63) is 59.1 Å². The van der Waals surface area contributed by atoms with Gasteiger partial charge in [-0.25, -0.2) is 4.98 Å². The topological polar surface area (TPSA) is 49.6 Å². The second-order valence-electron chi connectivity index (χ2n) is 8.48. The van der Waals surface area contributed by atoms with E-state index in [-0.39, 0.29) is 0 Å². The predicted octanol–water partition coefficient (Wildman–Crippen LogP) is 5.60. The number of hydrogen-bond acceptors (Lipinski definition) is 4. The zero-order valence-electron chi connectivity index (χ0n) is 19.0. The lowest BCUT2D eigenvalue weighted by Gasteiger charge is -2.30. The van der Waals surface area contributed by atoms with Crippen molar-refractivity contribution in [2.75, 3.05) is 32.0 Å². The van der Waals surface area contributed by atoms with Crippen molar-refractivity contribution in [1.82, 2.24) is 14.3 Å². The Hall–Kier alpha value is -3.13. The lowest BCUT2D eigenvalue weighted by molar-refractivity contribution is -0.146. The van der Waals surface area contributed by atoms with E-state index in [0.717, 1.165) is 51.2 Å². The molecule has 0 amide bonds. The van der Waals surface area contributed by atoms with Crippen molar-refractivity contribution in [2.24, 2.45) is 0 Å². The first-order valence-corrected chi connectivity index (χ1v) is 10.9. The highest BCUT2D eigenvalue weighted by atomic mass is 19.4. The number of carbonyl (C=O) groups is 1. The number of fused-ring (bicyclic) bond motifs is 1. The fraction of sp³-hybridized carbons (Fsp3) is 0.360. The number of hydrogen-bond donors (Lipinski definition) is 1. The summed E-state index contributed by atoms with van der Waals surface area (Å²) in [5, 5.41) is 3.04. The molecule has 1 fully saturated rings. The molecule has 174 valence electrons. The van der Waals surface area contributed by atoms with Gasteiger partial charge < -0.3 is 9.72 Å². The van der Waals surface area contributed by atoms with Crippen LogP contribution in [-0.2, 0) is 0 Å². The molecule has 0 bridgehead atoms. The van der Waals surface area contributed by atoms with Gasteiger partial charge >= 0.3 is 6.18 Å². The van der Waals surface area contributed by atoms with Crippen molar-refractivity contribution in [3.63, 3.8) is 0 Å². The van der Waals surface area contributed by atoms with Gasteiger partial charge in [0.2, 0.25) is 0 Å². The molecule has 0 radical (unpaired) electrons. The Bertz CT molecular complexity index is 1220. The number of halogens is 3. The zero-order chi connectivity index (χ0) is 23.8. The minimum absolute atomic E-state index is 0.377. The molecule has 3 aromatic heterocycles. The van der Waals surface area contributed by atoms with Crippen LogP contribution in [0.1, 0.15) is 41.4 Å². The smallest absolute Gasteiger partial charge is 0.373 e. The average Bonchev–Trinajstić information content (AvgIpc) is 3.21. The molecule has 1 aliphatic rings. The largest absolute Gasteiger partial charge is 0.401 e. The van der Waals surface area contributed by atoms with E-state index in [1.54, 1.807) is 6.20 Å². The van der Waals surface area contributed by atoms with Gasteiger partial charge in [-0.1, -0.05) is 5.57 Å². The molecular weight excluding hydrogens is 429 g/mol. The van der Waals surface area contributed by atoms with Crippen LogP contribution in [0.2, 0.25) is 0 Å². The minimum atomic E-state index is -4.18. The Morgan fingerprint density at radius 2 is 1.94 bits per heavy atom. The van der Waals surface area contributed by atoms with Crippen LogP contribution in [0.25, 0.3) is 22.2 Å². The van der Waals surface area contributed by atoms with Crippen molar-refractivity contribution in [3.8, 4) is 11.1 Å². The molecule has 0 saturated carbocycles. The summed E-state index contributed by atoms with van der Waals surface area (Å²) < 4.78 is 40.4. The summed E-state index contributed by atoms with van der Waals surface area (Å²) in [5.74, 6) is 0.749. The maximum absolute atomic E-state index is 12.8. The molecule has 5 nitrogen and oxygen atoms in total. The third kappa shape index (κ3) is 4.66. The number of nitrogens with zero attached hydrogens (tertiary/aromatic N) is 3. The number of likely N-dealkylation sites (tertiary alicyclic amines) is 1. The van der Waals surface area contributed by atoms with Gasteiger partial charge in [-0.3, -0.25) is 9.69 Å². The van der Waals surface area contributed by atoms with E-state index in [0.29, 0.717) is 31.5 Å². The number of pyridine rings is 2. The van der Waals surface area contributed by atoms with E-state index in [1.165, 1.54) is 4.90 Å². The molecule has 33 heavy (non-hydrogen) atoms. The van der Waals surface area contributed by atoms with E-state index >= 15 is 0 Å². The third-order valence-electron chi connectivity index (χ3n) is 6.45. The lowest BCUT2D eigenvalue weighted by atomic mass is 9.93. The van der Waals surface area contributed by atoms with Crippen LogP contribution in [-0.4, -0.2) is 53.4 Å². The first-order chi connectivity index (χ1) is 15.7. The fourth-order valence-corrected chi connectivity index (χ4v) is 4.70. The van der Waals surface area contributed by atoms with Gasteiger partial charge in [-0.15, -0.1) is 0 Å². The number of aromatic nitrogens is 2. The first kappa shape index (κ1) is 23.0. The maximum Gasteiger partial charge on any atom is 0.401 e. The summed E-state index contributed by atoms with van der Waals surface area (Å²) >= 11 is 0. The molecule has 1 saturated heterocycles. The molecule has 4 rings (SSSR count). The van der Waals surface area contributed by atoms with Crippen LogP contribution >= 0.6 is 0 Å². The Morgan fingerprint density at radius 1 is 1.21 bits per heavy atom. The zero-order valence-corrected chi connectivity index (χ0v) is 19.0. The van der Waals surface area contributed by atoms with E-state index in [1.807, 2.05) is 51.4 Å². The van der Waals surface area contributed by atoms with Gasteiger partial charge in [0, 0.05) is 43.7 Å². The van der Waals surface area contributed by atoms with Crippen LogP contribution in [0, 0.1) is 6.92 Å². The molecule has 3 aromatic rings. The number of allylic oxidation sites excluding steroid dienone is 1. The molecule has 0 aromatic carbocycles. The standard InChI is InChI=1S/C25H27F3N4O/c1-16(18-5-9-31(10-6-18)15-25(26,27)28)24-17(2)20(14-33)12-22-21(7-11-32(22)24)19-4-8-30-23(13-19)29-3/h4,7-8,11-14H,5-6,9-10,15H2,1-3H3,(H,29,30). The van der Waals surface area contributed by atoms with Crippen LogP contribution in [0.5, 0.6) is 0 Å². The second kappa shape index (κ2) is 9.02. The van der Waals surface area contributed by atoms with Gasteiger partial charge in [0.05, 0.1) is 17.8 Å². The molecule has 0 spiro atoms. The van der Waals surface area contributed by atoms with Gasteiger partial charge in [0.15, 0.2) is 0 Å². The van der Waals surface area contributed by atoms with E-state index in [9.17, 15) is 18.0 Å². The van der Waals surface area contributed by atoms with Crippen molar-refractivity contribution >= 4 is 23.2 Å². The Labute approximate surface area is 190 Å². The highest BCUT2D eigenvalue weighted by Gasteiger charge is 2.32. The number of nitrogens with one attached hydrogen (secondary N) is 1. The molecule has 4 heterocycles. The third-order valence-corrected chi connectivity index (χ3v) is 6.45. The van der Waals surface area contributed by atoms with Crippen LogP contribution in [0.4, 0.5) is 19.0 Å². The average molecular weight is 457 g/mol. The molecule has 1 aliphatic heterocycles. The van der Waals surface area contributed by atoms with Crippen molar-refractivity contribution in [2.45, 2.75) is 32.9 Å². The van der Waals surface area contributed by atoms with E-state index in [2.05, 4.69) is 14.7 Å². The van der Waals surface area contributed by atoms with Crippen LogP contribution in [0.15, 0.2) is 42.2 Å². The minimum Gasteiger partial charge on any atom is -0.373 e. The van der Waals surface area contributed by atoms with Crippen molar-refractivity contribution in [1.29, 1.82) is 0 Å². The summed E-state index contributed by atoms with van der Waals surface area (Å²) in [6.07, 6.45) is 1.58. The predicted molar refractivity (Wildman–Crippen MR) is 125 cm³/mol. The summed E-state index contributed by atoms with van der Waals surface area (Å²) in [4.78, 5) is 17.6. The molecular formula is C25H27F3N4O. The summed E-state index contributed by atoms with van der Waals surface area (Å²) in [6.45, 7) is 3.82. The van der Waals surface area contributed by atoms with Crippen LogP contribution in [0.3, 0.4) is 0 Å². The van der Waals surface area contributed by atoms with Crippen molar-refractivity contribution < 1.29 is 18.0 Å². The van der Waals surface area contributed by atoms with Gasteiger partial charge in [0.1, 0.15) is 12.1 Å². The maximum atomic E-state index is 12.8. The summed E-state index contributed by atoms with van der Waals surface area (Å²) in [6, 6.07) is 7.80. The molecule has 0 atom stereocenters. The van der Waals surface area contributed by atoms with E-state index < -0.39 is 12.7 Å². The summed E-state index contributed by atoms with van der Waals surface area (Å²) in [7, 11) is 1.81. The highest BCUT2D eigenvalue weighted by molar-refractivity contribution is 5.90. The SMILES string of the molecule is CNc1cc(-c2ccn3c(C(C)=C4CCN(CC(F)(F)F)CC4)c(C)c(C=O)cc23)ccn1. The first-order valence-electron chi connectivity index (χ1n) is 10.9. The molecule has 1 N–H and O–H groups in total. The number of carbonyl (C=O) groups excluding carboxylic acids is 1. The number of piperidine rings is 1. The van der Waals surface area contributed by atoms with Gasteiger partial charge in [-0.2, -0.15) is 13.2 Å². The monoisotopic (exact) mass is 456 g/mol. The fourth-order valence-electron chi connectivity index (χ4n) is 4.70. The van der Waals surface area contributed by atoms with Gasteiger partial charge in [0.25, 0.3) is 0 Å². The second-order valence-corrected chi connectivity index (χ2v) is 8.48. The number of aldehydes is 1. The molecule has 8 heteroatoms. The number of rotatable bonds is 5. The Morgan fingerprint density at radius 3 is 2.58 bits per heavy atom. The Balaban J connectivity index is 1.78. The quantitative estimate of drug-likeness (QED) is 0.508. The molecule has 0 aliphatic carbocycles. The normalized spacial score (nSPS) is 15.2. The highest BCUT2D eigenvalue weighted by Crippen LogP contribution is 2.35. The number of anilines is 1. The molecule has 0 unspecified atom stereocenters. The lowest BCUT2D eigenvalue weighted by Crippen LogP contribution is -2.38. The summed E-state index contributed by atoms with van der Waals surface area (Å²) in [5.41, 5.74) is 7.44. The van der Waals surface area contributed by atoms with E-state index in [4.69, 9.17) is 0 Å². The van der Waals surface area contributed by atoms with Crippen LogP contribution < -0.4 is 5.32 Å². The van der Waals surface area contributed by atoms with Gasteiger partial charge in [-0.05, 0) is 67.7 Å². The Kier molecular flexibility index (Phi) is 6.30. The number of alkyl halides is 3.